The van der Waals surface area contributed by atoms with Crippen molar-refractivity contribution in [1.82, 2.24) is 5.32 Å². The lowest BCUT2D eigenvalue weighted by Crippen LogP contribution is -2.31. The van der Waals surface area contributed by atoms with Crippen LogP contribution in [0.1, 0.15) is 28.9 Å². The minimum Gasteiger partial charge on any atom is -0.497 e. The molecule has 2 aromatic carbocycles. The molecule has 0 aromatic heterocycles. The Morgan fingerprint density at radius 3 is 2.44 bits per heavy atom. The van der Waals surface area contributed by atoms with Gasteiger partial charge in [-0.05, 0) is 42.8 Å². The van der Waals surface area contributed by atoms with Crippen LogP contribution in [0.2, 0.25) is 0 Å². The monoisotopic (exact) mass is 349 g/mol. The predicted octanol–water partition coefficient (Wildman–Crippen LogP) is 3.01. The van der Waals surface area contributed by atoms with Crippen molar-refractivity contribution in [3.8, 4) is 5.75 Å². The second-order valence-electron chi connectivity index (χ2n) is 5.26. The zero-order valence-electron chi connectivity index (χ0n) is 13.7. The van der Waals surface area contributed by atoms with Gasteiger partial charge in [0.05, 0.1) is 18.7 Å². The van der Waals surface area contributed by atoms with Crippen molar-refractivity contribution in [2.24, 2.45) is 0 Å². The van der Waals surface area contributed by atoms with Gasteiger partial charge in [0.15, 0.2) is 6.61 Å². The summed E-state index contributed by atoms with van der Waals surface area (Å²) in [7, 11) is 1.55. The number of nitrogens with one attached hydrogen (secondary N) is 1. The summed E-state index contributed by atoms with van der Waals surface area (Å²) in [5, 5.41) is 2.64. The Hall–Kier alpha value is -2.96. The van der Waals surface area contributed by atoms with Gasteiger partial charge in [0, 0.05) is 0 Å². The van der Waals surface area contributed by atoms with E-state index < -0.39 is 35.7 Å². The lowest BCUT2D eigenvalue weighted by Gasteiger charge is -2.15. The summed E-state index contributed by atoms with van der Waals surface area (Å²) in [5.74, 6) is -2.67. The number of ether oxygens (including phenoxy) is 2. The number of carbonyl (C=O) groups is 2. The van der Waals surface area contributed by atoms with Gasteiger partial charge in [-0.3, -0.25) is 4.79 Å². The van der Waals surface area contributed by atoms with E-state index in [-0.39, 0.29) is 6.04 Å². The fourth-order valence-electron chi connectivity index (χ4n) is 2.12. The van der Waals surface area contributed by atoms with E-state index in [1.807, 2.05) is 0 Å². The van der Waals surface area contributed by atoms with E-state index in [4.69, 9.17) is 9.47 Å². The third kappa shape index (κ3) is 5.00. The van der Waals surface area contributed by atoms with Crippen LogP contribution in [-0.4, -0.2) is 25.6 Å². The van der Waals surface area contributed by atoms with Crippen LogP contribution in [0.5, 0.6) is 5.75 Å². The molecule has 0 aliphatic heterocycles. The molecule has 1 atom stereocenters. The molecule has 25 heavy (non-hydrogen) atoms. The largest absolute Gasteiger partial charge is 0.497 e. The molecule has 0 saturated heterocycles. The second-order valence-corrected chi connectivity index (χ2v) is 5.26. The fourth-order valence-corrected chi connectivity index (χ4v) is 2.12. The zero-order chi connectivity index (χ0) is 18.4. The molecule has 2 rings (SSSR count). The Morgan fingerprint density at radius 2 is 1.80 bits per heavy atom. The van der Waals surface area contributed by atoms with E-state index in [0.29, 0.717) is 5.75 Å². The van der Waals surface area contributed by atoms with E-state index in [9.17, 15) is 18.4 Å². The summed E-state index contributed by atoms with van der Waals surface area (Å²) in [6.07, 6.45) is 0. The molecule has 0 bridgehead atoms. The van der Waals surface area contributed by atoms with Crippen LogP contribution in [0.3, 0.4) is 0 Å². The Kier molecular flexibility index (Phi) is 6.05. The first kappa shape index (κ1) is 18.4. The van der Waals surface area contributed by atoms with E-state index in [0.717, 1.165) is 23.8 Å². The lowest BCUT2D eigenvalue weighted by molar-refractivity contribution is -0.124. The molecule has 0 heterocycles. The van der Waals surface area contributed by atoms with Gasteiger partial charge in [0.1, 0.15) is 17.4 Å². The van der Waals surface area contributed by atoms with Gasteiger partial charge in [0.25, 0.3) is 5.91 Å². The zero-order valence-corrected chi connectivity index (χ0v) is 13.7. The van der Waals surface area contributed by atoms with E-state index >= 15 is 0 Å². The Labute approximate surface area is 143 Å². The Morgan fingerprint density at radius 1 is 1.12 bits per heavy atom. The maximum absolute atomic E-state index is 13.5. The number of benzene rings is 2. The third-order valence-electron chi connectivity index (χ3n) is 3.48. The maximum atomic E-state index is 13.5. The lowest BCUT2D eigenvalue weighted by atomic mass is 10.1. The van der Waals surface area contributed by atoms with Crippen LogP contribution in [0.15, 0.2) is 42.5 Å². The molecule has 0 radical (unpaired) electrons. The van der Waals surface area contributed by atoms with Crippen molar-refractivity contribution in [2.75, 3.05) is 13.7 Å². The first-order chi connectivity index (χ1) is 11.9. The first-order valence-electron chi connectivity index (χ1n) is 7.46. The van der Waals surface area contributed by atoms with Gasteiger partial charge >= 0.3 is 5.97 Å². The number of amides is 1. The first-order valence-corrected chi connectivity index (χ1v) is 7.46. The van der Waals surface area contributed by atoms with E-state index in [1.165, 1.54) is 0 Å². The van der Waals surface area contributed by atoms with Crippen LogP contribution >= 0.6 is 0 Å². The van der Waals surface area contributed by atoms with Gasteiger partial charge in [-0.25, -0.2) is 13.6 Å². The summed E-state index contributed by atoms with van der Waals surface area (Å²) in [6.45, 7) is 1.16. The highest BCUT2D eigenvalue weighted by atomic mass is 19.1. The molecule has 1 amide bonds. The number of esters is 1. The Balaban J connectivity index is 1.89. The molecule has 7 heteroatoms. The summed E-state index contributed by atoms with van der Waals surface area (Å²) in [6, 6.07) is 9.18. The van der Waals surface area contributed by atoms with Gasteiger partial charge in [-0.15, -0.1) is 0 Å². The van der Waals surface area contributed by atoms with Crippen molar-refractivity contribution < 1.29 is 27.8 Å². The van der Waals surface area contributed by atoms with Gasteiger partial charge in [-0.1, -0.05) is 12.1 Å². The fraction of sp³-hybridized carbons (Fsp3) is 0.222. The van der Waals surface area contributed by atoms with Gasteiger partial charge in [0.2, 0.25) is 0 Å². The quantitative estimate of drug-likeness (QED) is 0.815. The van der Waals surface area contributed by atoms with Crippen molar-refractivity contribution in [1.29, 1.82) is 0 Å². The number of hydrogen-bond acceptors (Lipinski definition) is 4. The molecule has 0 aliphatic rings. The van der Waals surface area contributed by atoms with Crippen LogP contribution < -0.4 is 10.1 Å². The van der Waals surface area contributed by atoms with Crippen molar-refractivity contribution in [3.05, 3.63) is 65.2 Å². The van der Waals surface area contributed by atoms with Crippen molar-refractivity contribution in [2.45, 2.75) is 13.0 Å². The average Bonchev–Trinajstić information content (AvgIpc) is 2.61. The average molecular weight is 349 g/mol. The third-order valence-corrected chi connectivity index (χ3v) is 3.48. The number of hydrogen-bond donors (Lipinski definition) is 1. The SMILES string of the molecule is COc1ccc([C@@H](C)NC(=O)COC(=O)c2cc(F)ccc2F)cc1. The van der Waals surface area contributed by atoms with Crippen LogP contribution in [0, 0.1) is 11.6 Å². The van der Waals surface area contributed by atoms with Crippen LogP contribution in [0.4, 0.5) is 8.78 Å². The van der Waals surface area contributed by atoms with Crippen LogP contribution in [0.25, 0.3) is 0 Å². The smallest absolute Gasteiger partial charge is 0.341 e. The summed E-state index contributed by atoms with van der Waals surface area (Å²) in [4.78, 5) is 23.6. The highest BCUT2D eigenvalue weighted by molar-refractivity contribution is 5.91. The highest BCUT2D eigenvalue weighted by Gasteiger charge is 2.17. The standard InChI is InChI=1S/C18H17F2NO4/c1-11(12-3-6-14(24-2)7-4-12)21-17(22)10-25-18(23)15-9-13(19)5-8-16(15)20/h3-9,11H,10H2,1-2H3,(H,21,22)/t11-/m1/s1. The maximum Gasteiger partial charge on any atom is 0.341 e. The Bertz CT molecular complexity index is 762. The normalized spacial score (nSPS) is 11.5. The molecule has 0 spiro atoms. The number of carbonyl (C=O) groups excluding carboxylic acids is 2. The van der Waals surface area contributed by atoms with Crippen LogP contribution in [-0.2, 0) is 9.53 Å². The molecule has 0 unspecified atom stereocenters. The molecular weight excluding hydrogens is 332 g/mol. The molecule has 0 aliphatic carbocycles. The second kappa shape index (κ2) is 8.23. The molecule has 0 saturated carbocycles. The van der Waals surface area contributed by atoms with Crippen molar-refractivity contribution in [3.63, 3.8) is 0 Å². The number of methoxy groups -OCH3 is 1. The topological polar surface area (TPSA) is 64.6 Å². The minimum atomic E-state index is -1.11. The predicted molar refractivity (Wildman–Crippen MR) is 86.2 cm³/mol. The van der Waals surface area contributed by atoms with E-state index in [2.05, 4.69) is 5.32 Å². The van der Waals surface area contributed by atoms with Crippen molar-refractivity contribution >= 4 is 11.9 Å². The van der Waals surface area contributed by atoms with Gasteiger partial charge < -0.3 is 14.8 Å². The molecule has 0 fully saturated rings. The minimum absolute atomic E-state index is 0.331. The molecule has 1 N–H and O–H groups in total. The number of halogens is 2. The molecule has 132 valence electrons. The molecule has 5 nitrogen and oxygen atoms in total. The molecular formula is C18H17F2NO4. The summed E-state index contributed by atoms with van der Waals surface area (Å²) < 4.78 is 36.3. The summed E-state index contributed by atoms with van der Waals surface area (Å²) >= 11 is 0. The molecule has 2 aromatic rings. The highest BCUT2D eigenvalue weighted by Crippen LogP contribution is 2.17. The number of rotatable bonds is 6. The summed E-state index contributed by atoms with van der Waals surface area (Å²) in [5.41, 5.74) is 0.271. The van der Waals surface area contributed by atoms with Gasteiger partial charge in [-0.2, -0.15) is 0 Å². The van der Waals surface area contributed by atoms with E-state index in [1.54, 1.807) is 38.3 Å².